The lowest BCUT2D eigenvalue weighted by molar-refractivity contribution is -0.139. The second-order valence-corrected chi connectivity index (χ2v) is 7.26. The summed E-state index contributed by atoms with van der Waals surface area (Å²) in [4.78, 5) is 16.9. The van der Waals surface area contributed by atoms with Gasteiger partial charge < -0.3 is 20.9 Å². The Hall–Kier alpha value is -3.10. The zero-order valence-electron chi connectivity index (χ0n) is 14.8. The van der Waals surface area contributed by atoms with Crippen LogP contribution in [0.25, 0.3) is 21.8 Å². The molecular formula is C19H17ClN4O3S. The number of ether oxygens (including phenoxy) is 1. The molecule has 3 aromatic rings. The number of thiazole rings is 1. The summed E-state index contributed by atoms with van der Waals surface area (Å²) in [6.45, 7) is 0. The first-order valence-corrected chi connectivity index (χ1v) is 9.33. The number of aromatic nitrogens is 1. The van der Waals surface area contributed by atoms with Crippen molar-refractivity contribution in [1.29, 1.82) is 5.41 Å². The van der Waals surface area contributed by atoms with E-state index in [4.69, 9.17) is 27.5 Å². The Morgan fingerprint density at radius 1 is 1.21 bits per heavy atom. The highest BCUT2D eigenvalue weighted by atomic mass is 35.5. The molecule has 0 aliphatic heterocycles. The van der Waals surface area contributed by atoms with E-state index in [0.717, 1.165) is 5.56 Å². The summed E-state index contributed by atoms with van der Waals surface area (Å²) >= 11 is 7.19. The van der Waals surface area contributed by atoms with Gasteiger partial charge in [0.15, 0.2) is 12.0 Å². The second-order valence-electron chi connectivity index (χ2n) is 5.80. The summed E-state index contributed by atoms with van der Waals surface area (Å²) in [5, 5.41) is 20.8. The maximum atomic E-state index is 11.8. The van der Waals surface area contributed by atoms with Crippen LogP contribution in [0.2, 0.25) is 5.02 Å². The fourth-order valence-electron chi connectivity index (χ4n) is 2.59. The molecule has 28 heavy (non-hydrogen) atoms. The number of hydrogen-bond acceptors (Lipinski definition) is 5. The molecule has 0 bridgehead atoms. The van der Waals surface area contributed by atoms with Gasteiger partial charge in [0.25, 0.3) is 0 Å². The van der Waals surface area contributed by atoms with Crippen LogP contribution in [0.3, 0.4) is 0 Å². The minimum absolute atomic E-state index is 0.436. The summed E-state index contributed by atoms with van der Waals surface area (Å²) < 4.78 is 5.17. The Labute approximate surface area is 170 Å². The van der Waals surface area contributed by atoms with E-state index in [9.17, 15) is 9.90 Å². The number of halogens is 1. The van der Waals surface area contributed by atoms with Gasteiger partial charge in [0.2, 0.25) is 0 Å². The maximum absolute atomic E-state index is 11.8. The average molecular weight is 417 g/mol. The summed E-state index contributed by atoms with van der Waals surface area (Å²) in [6.07, 6.45) is 0. The van der Waals surface area contributed by atoms with Gasteiger partial charge in [-0.05, 0) is 36.4 Å². The van der Waals surface area contributed by atoms with Crippen LogP contribution in [0, 0.1) is 5.41 Å². The van der Waals surface area contributed by atoms with E-state index in [1.54, 1.807) is 43.5 Å². The molecule has 2 aromatic carbocycles. The van der Waals surface area contributed by atoms with Crippen LogP contribution >= 0.6 is 22.9 Å². The molecule has 9 heteroatoms. The van der Waals surface area contributed by atoms with E-state index in [-0.39, 0.29) is 0 Å². The number of rotatable bonds is 6. The lowest BCUT2D eigenvalue weighted by Crippen LogP contribution is -2.37. The topological polar surface area (TPSA) is 121 Å². The van der Waals surface area contributed by atoms with Crippen molar-refractivity contribution in [2.45, 2.75) is 6.04 Å². The molecule has 7 nitrogen and oxygen atoms in total. The van der Waals surface area contributed by atoms with Gasteiger partial charge in [-0.15, -0.1) is 11.3 Å². The Kier molecular flexibility index (Phi) is 5.81. The lowest BCUT2D eigenvalue weighted by Gasteiger charge is -2.14. The van der Waals surface area contributed by atoms with Gasteiger partial charge in [0.1, 0.15) is 10.8 Å². The molecule has 0 radical (unpaired) electrons. The number of nitrogens with two attached hydrogens (primary N) is 1. The summed E-state index contributed by atoms with van der Waals surface area (Å²) in [6, 6.07) is 13.1. The largest absolute Gasteiger partial charge is 0.497 e. The van der Waals surface area contributed by atoms with E-state index >= 15 is 0 Å². The third-order valence-corrected chi connectivity index (χ3v) is 5.34. The Bertz CT molecular complexity index is 1000. The van der Waals surface area contributed by atoms with Crippen molar-refractivity contribution in [1.82, 2.24) is 10.3 Å². The van der Waals surface area contributed by atoms with E-state index in [1.807, 2.05) is 12.1 Å². The maximum Gasteiger partial charge on any atom is 0.331 e. The first kappa shape index (κ1) is 19.7. The third kappa shape index (κ3) is 4.24. The molecule has 0 aliphatic carbocycles. The average Bonchev–Trinajstić information content (AvgIpc) is 3.11. The molecule has 5 N–H and O–H groups in total. The highest BCUT2D eigenvalue weighted by Crippen LogP contribution is 2.38. The number of carboxylic acid groups (broad SMARTS) is 1. The number of hydrogen-bond donors (Lipinski definition) is 4. The monoisotopic (exact) mass is 416 g/mol. The van der Waals surface area contributed by atoms with Crippen LogP contribution in [0.4, 0.5) is 0 Å². The molecule has 3 rings (SSSR count). The number of methoxy groups -OCH3 is 1. The first-order chi connectivity index (χ1) is 13.4. The standard InChI is InChI=1S/C19H17ClN4O3S/c1-27-13-8-4-11(5-9-13)17-23-14(10-2-6-12(20)7-3-10)16(28-17)15(18(25)26)24-19(21)22/h2-9,15H,1H3,(H,25,26)(H4,21,22,24). The molecule has 0 amide bonds. The summed E-state index contributed by atoms with van der Waals surface area (Å²) in [5.74, 6) is -0.885. The first-order valence-electron chi connectivity index (χ1n) is 8.13. The fraction of sp³-hybridized carbons (Fsp3) is 0.105. The number of carbonyl (C=O) groups is 1. The molecule has 1 aromatic heterocycles. The van der Waals surface area contributed by atoms with E-state index in [2.05, 4.69) is 10.3 Å². The number of aliphatic carboxylic acids is 1. The number of guanidine groups is 1. The molecule has 0 saturated carbocycles. The van der Waals surface area contributed by atoms with Crippen LogP contribution in [-0.2, 0) is 4.79 Å². The van der Waals surface area contributed by atoms with Crippen molar-refractivity contribution < 1.29 is 14.6 Å². The predicted molar refractivity (Wildman–Crippen MR) is 110 cm³/mol. The minimum Gasteiger partial charge on any atom is -0.497 e. The highest BCUT2D eigenvalue weighted by Gasteiger charge is 2.28. The third-order valence-electron chi connectivity index (χ3n) is 3.92. The van der Waals surface area contributed by atoms with Gasteiger partial charge in [-0.25, -0.2) is 9.78 Å². The Morgan fingerprint density at radius 3 is 2.36 bits per heavy atom. The highest BCUT2D eigenvalue weighted by molar-refractivity contribution is 7.15. The van der Waals surface area contributed by atoms with Crippen molar-refractivity contribution in [3.63, 3.8) is 0 Å². The van der Waals surface area contributed by atoms with Gasteiger partial charge in [-0.3, -0.25) is 5.41 Å². The van der Waals surface area contributed by atoms with Gasteiger partial charge in [0, 0.05) is 16.1 Å². The van der Waals surface area contributed by atoms with Crippen molar-refractivity contribution in [3.8, 4) is 27.6 Å². The molecule has 0 fully saturated rings. The van der Waals surface area contributed by atoms with Crippen molar-refractivity contribution in [2.24, 2.45) is 5.73 Å². The summed E-state index contributed by atoms with van der Waals surface area (Å²) in [7, 11) is 1.58. The van der Waals surface area contributed by atoms with Gasteiger partial charge in [0.05, 0.1) is 17.7 Å². The van der Waals surface area contributed by atoms with E-state index in [1.165, 1.54) is 11.3 Å². The smallest absolute Gasteiger partial charge is 0.331 e. The van der Waals surface area contributed by atoms with Crippen LogP contribution in [-0.4, -0.2) is 29.1 Å². The van der Waals surface area contributed by atoms with E-state index < -0.39 is 18.0 Å². The SMILES string of the molecule is COc1ccc(-c2nc(-c3ccc(Cl)cc3)c(C(NC(=N)N)C(=O)O)s2)cc1. The van der Waals surface area contributed by atoms with Crippen molar-refractivity contribution >= 4 is 34.9 Å². The normalized spacial score (nSPS) is 11.6. The number of nitrogens with one attached hydrogen (secondary N) is 2. The molecule has 0 aliphatic rings. The molecular weight excluding hydrogens is 400 g/mol. The zero-order valence-corrected chi connectivity index (χ0v) is 16.3. The molecule has 0 spiro atoms. The van der Waals surface area contributed by atoms with Crippen LogP contribution in [0.15, 0.2) is 48.5 Å². The van der Waals surface area contributed by atoms with Crippen molar-refractivity contribution in [3.05, 3.63) is 58.4 Å². The molecule has 1 heterocycles. The van der Waals surface area contributed by atoms with Crippen LogP contribution in [0.5, 0.6) is 5.75 Å². The number of nitrogens with zero attached hydrogens (tertiary/aromatic N) is 1. The van der Waals surface area contributed by atoms with Crippen LogP contribution < -0.4 is 15.8 Å². The second kappa shape index (κ2) is 8.28. The molecule has 144 valence electrons. The molecule has 1 unspecified atom stereocenters. The van der Waals surface area contributed by atoms with Gasteiger partial charge in [-0.2, -0.15) is 0 Å². The minimum atomic E-state index is -1.20. The zero-order chi connectivity index (χ0) is 20.3. The Morgan fingerprint density at radius 2 is 1.82 bits per heavy atom. The quantitative estimate of drug-likeness (QED) is 0.358. The van der Waals surface area contributed by atoms with Crippen LogP contribution in [0.1, 0.15) is 10.9 Å². The number of carboxylic acids is 1. The summed E-state index contributed by atoms with van der Waals surface area (Å²) in [5.41, 5.74) is 7.42. The molecule has 1 atom stereocenters. The Balaban J connectivity index is 2.14. The number of benzene rings is 2. The predicted octanol–water partition coefficient (Wildman–Crippen LogP) is 3.75. The molecule has 0 saturated heterocycles. The van der Waals surface area contributed by atoms with Crippen molar-refractivity contribution in [2.75, 3.05) is 7.11 Å². The lowest BCUT2D eigenvalue weighted by atomic mass is 10.1. The van der Waals surface area contributed by atoms with Gasteiger partial charge in [-0.1, -0.05) is 23.7 Å². The van der Waals surface area contributed by atoms with Gasteiger partial charge >= 0.3 is 5.97 Å². The fourth-order valence-corrected chi connectivity index (χ4v) is 3.86. The van der Waals surface area contributed by atoms with E-state index in [0.29, 0.717) is 31.9 Å².